The van der Waals surface area contributed by atoms with Crippen LogP contribution in [0.3, 0.4) is 0 Å². The highest BCUT2D eigenvalue weighted by atomic mass is 28.4. The molecule has 0 spiro atoms. The molecule has 2 N–H and O–H groups in total. The number of nitrogens with zero attached hydrogens (tertiary/aromatic N) is 2. The van der Waals surface area contributed by atoms with Crippen molar-refractivity contribution >= 4 is 14.1 Å². The maximum absolute atomic E-state index is 12.5. The summed E-state index contributed by atoms with van der Waals surface area (Å²) in [6, 6.07) is 0. The van der Waals surface area contributed by atoms with Crippen LogP contribution in [-0.2, 0) is 13.9 Å². The molecule has 1 aromatic rings. The summed E-state index contributed by atoms with van der Waals surface area (Å²) in [7, 11) is 1.02. The van der Waals surface area contributed by atoms with E-state index >= 15 is 0 Å². The third kappa shape index (κ3) is 4.21. The molecule has 8 nitrogen and oxygen atoms in total. The number of ether oxygens (including phenoxy) is 3. The molecule has 2 heterocycles. The molecule has 9 heteroatoms. The van der Waals surface area contributed by atoms with Gasteiger partial charge in [-0.25, -0.2) is 4.79 Å². The third-order valence-corrected chi connectivity index (χ3v) is 10.1. The summed E-state index contributed by atoms with van der Waals surface area (Å²) in [4.78, 5) is 16.3. The van der Waals surface area contributed by atoms with Crippen molar-refractivity contribution in [3.63, 3.8) is 0 Å². The highest BCUT2D eigenvalue weighted by Crippen LogP contribution is 2.42. The fourth-order valence-electron chi connectivity index (χ4n) is 2.97. The van der Waals surface area contributed by atoms with Crippen molar-refractivity contribution in [1.82, 2.24) is 9.55 Å². The predicted octanol–water partition coefficient (Wildman–Crippen LogP) is 2.55. The number of hydrogen-bond donors (Lipinski definition) is 1. The normalized spacial score (nSPS) is 26.4. The lowest BCUT2D eigenvalue weighted by molar-refractivity contribution is -0.0541. The van der Waals surface area contributed by atoms with Crippen LogP contribution in [0.1, 0.15) is 40.3 Å². The van der Waals surface area contributed by atoms with Gasteiger partial charge < -0.3 is 24.4 Å². The lowest BCUT2D eigenvalue weighted by Crippen LogP contribution is -2.49. The number of nitrogens with two attached hydrogens (primary N) is 1. The van der Waals surface area contributed by atoms with E-state index in [1.54, 1.807) is 7.11 Å². The summed E-state index contributed by atoms with van der Waals surface area (Å²) in [6.07, 6.45) is 0.680. The zero-order valence-electron chi connectivity index (χ0n) is 17.6. The number of methoxy groups -OCH3 is 2. The number of aromatic nitrogens is 2. The minimum atomic E-state index is -2.06. The molecule has 1 unspecified atom stereocenters. The van der Waals surface area contributed by atoms with E-state index in [1.807, 2.05) is 6.92 Å². The van der Waals surface area contributed by atoms with Crippen LogP contribution in [0.25, 0.3) is 0 Å². The molecule has 1 saturated heterocycles. The lowest BCUT2D eigenvalue weighted by Gasteiger charge is -2.40. The highest BCUT2D eigenvalue weighted by Gasteiger charge is 2.50. The van der Waals surface area contributed by atoms with Crippen LogP contribution in [0.4, 0.5) is 5.82 Å². The summed E-state index contributed by atoms with van der Waals surface area (Å²) in [5.41, 5.74) is 5.23. The molecule has 1 aliphatic heterocycles. The first-order chi connectivity index (χ1) is 12.5. The van der Waals surface area contributed by atoms with E-state index < -0.39 is 26.3 Å². The first-order valence-corrected chi connectivity index (χ1v) is 12.2. The first kappa shape index (κ1) is 21.9. The van der Waals surface area contributed by atoms with Crippen LogP contribution in [0, 0.1) is 0 Å². The standard InChI is InChI=1S/C18H33N3O5Si/c1-9-11-13(26-27(7,8)18(2,3)4)14(24-6)16(25-11)21-10-12(23-5)15(19)20-17(21)22/h10-11,13-14,16H,9H2,1-8H3,(H2,19,20,22)/t11-,13?,14+,16-/m1/s1. The Kier molecular flexibility index (Phi) is 6.40. The molecule has 1 fully saturated rings. The van der Waals surface area contributed by atoms with Gasteiger partial charge in [-0.3, -0.25) is 4.57 Å². The molecule has 4 atom stereocenters. The van der Waals surface area contributed by atoms with Gasteiger partial charge in [0.2, 0.25) is 0 Å². The van der Waals surface area contributed by atoms with Crippen molar-refractivity contribution in [2.45, 2.75) is 76.8 Å². The SMILES string of the molecule is CC[C@H]1O[C@@H](n2cc(OC)c(N)nc2=O)[C@@H](OC)C1O[Si](C)(C)C(C)(C)C. The van der Waals surface area contributed by atoms with Gasteiger partial charge >= 0.3 is 5.69 Å². The largest absolute Gasteiger partial charge is 0.491 e. The Labute approximate surface area is 162 Å². The predicted molar refractivity (Wildman–Crippen MR) is 107 cm³/mol. The number of nitrogen functional groups attached to an aromatic ring is 1. The molecule has 0 aromatic carbocycles. The van der Waals surface area contributed by atoms with Crippen LogP contribution < -0.4 is 16.2 Å². The average Bonchev–Trinajstić information content (AvgIpc) is 2.90. The van der Waals surface area contributed by atoms with Crippen molar-refractivity contribution in [2.24, 2.45) is 0 Å². The van der Waals surface area contributed by atoms with Gasteiger partial charge in [0.15, 0.2) is 26.1 Å². The number of anilines is 1. The Morgan fingerprint density at radius 2 is 1.93 bits per heavy atom. The Hall–Kier alpha value is -1.42. The molecule has 0 bridgehead atoms. The van der Waals surface area contributed by atoms with Gasteiger partial charge in [-0.15, -0.1) is 0 Å². The second-order valence-electron chi connectivity index (χ2n) is 8.40. The zero-order valence-corrected chi connectivity index (χ0v) is 18.6. The minimum Gasteiger partial charge on any atom is -0.491 e. The van der Waals surface area contributed by atoms with Gasteiger partial charge in [-0.1, -0.05) is 27.7 Å². The summed E-state index contributed by atoms with van der Waals surface area (Å²) < 4.78 is 25.2. The Balaban J connectivity index is 2.43. The quantitative estimate of drug-likeness (QED) is 0.734. The van der Waals surface area contributed by atoms with E-state index in [1.165, 1.54) is 17.9 Å². The van der Waals surface area contributed by atoms with Crippen LogP contribution in [0.5, 0.6) is 5.75 Å². The van der Waals surface area contributed by atoms with Crippen LogP contribution in [0.15, 0.2) is 11.0 Å². The van der Waals surface area contributed by atoms with Crippen molar-refractivity contribution in [3.05, 3.63) is 16.7 Å². The molecule has 0 radical (unpaired) electrons. The van der Waals surface area contributed by atoms with Crippen molar-refractivity contribution in [2.75, 3.05) is 20.0 Å². The monoisotopic (exact) mass is 399 g/mol. The maximum atomic E-state index is 12.5. The van der Waals surface area contributed by atoms with E-state index in [2.05, 4.69) is 38.8 Å². The van der Waals surface area contributed by atoms with E-state index in [0.717, 1.165) is 6.42 Å². The molecule has 1 aromatic heterocycles. The highest BCUT2D eigenvalue weighted by molar-refractivity contribution is 6.74. The number of hydrogen-bond acceptors (Lipinski definition) is 7. The topological polar surface area (TPSA) is 97.8 Å². The molecule has 27 heavy (non-hydrogen) atoms. The van der Waals surface area contributed by atoms with Crippen LogP contribution in [0.2, 0.25) is 18.1 Å². The molecule has 154 valence electrons. The van der Waals surface area contributed by atoms with Crippen molar-refractivity contribution in [3.8, 4) is 5.75 Å². The lowest BCUT2D eigenvalue weighted by atomic mass is 10.1. The molecule has 2 rings (SSSR count). The first-order valence-electron chi connectivity index (χ1n) is 9.25. The second-order valence-corrected chi connectivity index (χ2v) is 13.2. The average molecular weight is 400 g/mol. The smallest absolute Gasteiger partial charge is 0.351 e. The van der Waals surface area contributed by atoms with Gasteiger partial charge in [0, 0.05) is 7.11 Å². The van der Waals surface area contributed by atoms with Crippen molar-refractivity contribution in [1.29, 1.82) is 0 Å². The fraction of sp³-hybridized carbons (Fsp3) is 0.778. The van der Waals surface area contributed by atoms with Gasteiger partial charge in [0.05, 0.1) is 19.4 Å². The van der Waals surface area contributed by atoms with Gasteiger partial charge in [0.1, 0.15) is 12.2 Å². The van der Waals surface area contributed by atoms with E-state index in [0.29, 0.717) is 5.75 Å². The summed E-state index contributed by atoms with van der Waals surface area (Å²) in [5, 5.41) is 0.0461. The maximum Gasteiger partial charge on any atom is 0.351 e. The molecule has 0 amide bonds. The Bertz CT molecular complexity index is 716. The number of rotatable bonds is 6. The molecular weight excluding hydrogens is 366 g/mol. The third-order valence-electron chi connectivity index (χ3n) is 5.64. The van der Waals surface area contributed by atoms with Gasteiger partial charge in [-0.2, -0.15) is 4.98 Å². The van der Waals surface area contributed by atoms with E-state index in [-0.39, 0.29) is 23.1 Å². The Morgan fingerprint density at radius 1 is 1.30 bits per heavy atom. The summed E-state index contributed by atoms with van der Waals surface area (Å²) in [5.74, 6) is 0.363. The molecule has 0 saturated carbocycles. The second kappa shape index (κ2) is 7.90. The van der Waals surface area contributed by atoms with Gasteiger partial charge in [-0.05, 0) is 24.6 Å². The van der Waals surface area contributed by atoms with Crippen molar-refractivity contribution < 1.29 is 18.6 Å². The van der Waals surface area contributed by atoms with E-state index in [4.69, 9.17) is 24.4 Å². The van der Waals surface area contributed by atoms with Gasteiger partial charge in [0.25, 0.3) is 0 Å². The Morgan fingerprint density at radius 3 is 2.41 bits per heavy atom. The van der Waals surface area contributed by atoms with Crippen LogP contribution in [-0.4, -0.2) is 50.4 Å². The minimum absolute atomic E-state index is 0.0461. The zero-order chi connectivity index (χ0) is 20.6. The summed E-state index contributed by atoms with van der Waals surface area (Å²) in [6.45, 7) is 13.0. The van der Waals surface area contributed by atoms with E-state index in [9.17, 15) is 4.79 Å². The van der Waals surface area contributed by atoms with Crippen LogP contribution >= 0.6 is 0 Å². The molecular formula is C18H33N3O5Si. The fourth-order valence-corrected chi connectivity index (χ4v) is 4.29. The summed E-state index contributed by atoms with van der Waals surface area (Å²) >= 11 is 0. The molecule has 1 aliphatic rings. The molecule has 0 aliphatic carbocycles.